The molecule has 1 aromatic heterocycles. The van der Waals surface area contributed by atoms with Crippen LogP contribution in [0.2, 0.25) is 0 Å². The Hall–Kier alpha value is -3.05. The first-order valence-electron chi connectivity index (χ1n) is 12.5. The monoisotopic (exact) mass is 556 g/mol. The van der Waals surface area contributed by atoms with Gasteiger partial charge in [0.05, 0.1) is 23.9 Å². The quantitative estimate of drug-likeness (QED) is 0.525. The van der Waals surface area contributed by atoms with Gasteiger partial charge in [0.1, 0.15) is 6.61 Å². The van der Waals surface area contributed by atoms with Gasteiger partial charge in [0.25, 0.3) is 11.8 Å². The first-order chi connectivity index (χ1) is 18.2. The van der Waals surface area contributed by atoms with E-state index in [1.165, 1.54) is 10.6 Å². The Morgan fingerprint density at radius 2 is 1.89 bits per heavy atom. The average molecular weight is 557 g/mol. The van der Waals surface area contributed by atoms with Crippen molar-refractivity contribution in [3.63, 3.8) is 0 Å². The number of rotatable bonds is 7. The van der Waals surface area contributed by atoms with Crippen LogP contribution < -0.4 is 5.48 Å². The topological polar surface area (TPSA) is 109 Å². The zero-order valence-corrected chi connectivity index (χ0v) is 22.4. The second-order valence-electron chi connectivity index (χ2n) is 9.73. The van der Waals surface area contributed by atoms with Crippen molar-refractivity contribution in [1.82, 2.24) is 19.7 Å². The lowest BCUT2D eigenvalue weighted by Gasteiger charge is -2.48. The molecule has 2 aliphatic heterocycles. The largest absolute Gasteiger partial charge is 0.331 e. The van der Waals surface area contributed by atoms with Crippen molar-refractivity contribution < 1.29 is 22.8 Å². The van der Waals surface area contributed by atoms with Crippen LogP contribution in [-0.2, 0) is 26.3 Å². The highest BCUT2D eigenvalue weighted by Gasteiger charge is 2.49. The minimum atomic E-state index is -3.33. The van der Waals surface area contributed by atoms with Gasteiger partial charge < -0.3 is 4.90 Å². The Morgan fingerprint density at radius 1 is 1.16 bits per heavy atom. The summed E-state index contributed by atoms with van der Waals surface area (Å²) in [5, 5.41) is 0.540. The molecule has 1 fully saturated rings. The average Bonchev–Trinajstić information content (AvgIpc) is 3.34. The molecule has 0 radical (unpaired) electrons. The van der Waals surface area contributed by atoms with Crippen molar-refractivity contribution in [2.75, 3.05) is 19.3 Å². The Labute approximate surface area is 227 Å². The first-order valence-corrected chi connectivity index (χ1v) is 14.7. The molecule has 2 unspecified atom stereocenters. The van der Waals surface area contributed by atoms with Gasteiger partial charge in [-0.25, -0.2) is 18.2 Å². The number of amides is 2. The lowest BCUT2D eigenvalue weighted by atomic mass is 9.75. The van der Waals surface area contributed by atoms with Crippen LogP contribution in [0.5, 0.6) is 0 Å². The van der Waals surface area contributed by atoms with E-state index in [0.717, 1.165) is 0 Å². The zero-order chi connectivity index (χ0) is 26.9. The molecule has 1 N–H and O–H groups in total. The van der Waals surface area contributed by atoms with Crippen LogP contribution in [0.3, 0.4) is 0 Å². The number of aromatic nitrogens is 1. The Morgan fingerprint density at radius 3 is 2.55 bits per heavy atom. The third kappa shape index (κ3) is 5.40. The molecule has 0 spiro atoms. The highest BCUT2D eigenvalue weighted by molar-refractivity contribution is 7.88. The van der Waals surface area contributed by atoms with Gasteiger partial charge in [-0.2, -0.15) is 0 Å². The minimum absolute atomic E-state index is 0.0905. The molecule has 38 heavy (non-hydrogen) atoms. The third-order valence-corrected chi connectivity index (χ3v) is 8.89. The maximum atomic E-state index is 14.0. The standard InChI is InChI=1S/C27H29ClN4O5S/c1-38(35,36)31-14-11-21(12-15-31)32-25(18-9-10-19(28)16-18)24(22-7-2-3-8-23(22)27(32)34)26(33)30-37-17-20-6-4-5-13-29-20/h2-10,13,16,18,21,24-25H,11-12,14-15,17H2,1H3,(H,30,33)/t18?,24-,25?/m1/s1. The van der Waals surface area contributed by atoms with E-state index in [2.05, 4.69) is 10.5 Å². The lowest BCUT2D eigenvalue weighted by Crippen LogP contribution is -2.60. The van der Waals surface area contributed by atoms with Gasteiger partial charge in [0, 0.05) is 41.8 Å². The van der Waals surface area contributed by atoms with Crippen LogP contribution >= 0.6 is 11.6 Å². The van der Waals surface area contributed by atoms with E-state index in [9.17, 15) is 18.0 Å². The summed E-state index contributed by atoms with van der Waals surface area (Å²) in [6.45, 7) is 0.707. The molecular formula is C27H29ClN4O5S. The Kier molecular flexibility index (Phi) is 7.67. The number of hydroxylamine groups is 1. The van der Waals surface area contributed by atoms with E-state index >= 15 is 0 Å². The highest BCUT2D eigenvalue weighted by Crippen LogP contribution is 2.42. The van der Waals surface area contributed by atoms with Crippen molar-refractivity contribution in [2.24, 2.45) is 5.92 Å². The molecule has 2 amide bonds. The van der Waals surface area contributed by atoms with Gasteiger partial charge >= 0.3 is 0 Å². The molecule has 3 aliphatic rings. The number of fused-ring (bicyclic) bond motifs is 1. The van der Waals surface area contributed by atoms with Crippen molar-refractivity contribution >= 4 is 33.4 Å². The predicted molar refractivity (Wildman–Crippen MR) is 142 cm³/mol. The summed E-state index contributed by atoms with van der Waals surface area (Å²) in [5.74, 6) is -1.60. The fourth-order valence-corrected chi connectivity index (χ4v) is 6.68. The second kappa shape index (κ2) is 11.0. The first kappa shape index (κ1) is 26.6. The summed E-state index contributed by atoms with van der Waals surface area (Å²) >= 11 is 6.31. The third-order valence-electron chi connectivity index (χ3n) is 7.33. The molecule has 3 heterocycles. The molecule has 1 aromatic carbocycles. The number of piperidine rings is 1. The van der Waals surface area contributed by atoms with Gasteiger partial charge in [0.15, 0.2) is 0 Å². The van der Waals surface area contributed by atoms with Gasteiger partial charge in [-0.05, 0) is 42.7 Å². The predicted octanol–water partition coefficient (Wildman–Crippen LogP) is 2.97. The summed E-state index contributed by atoms with van der Waals surface area (Å²) in [5.41, 5.74) is 4.33. The fraction of sp³-hybridized carbons (Fsp3) is 0.370. The molecule has 1 saturated heterocycles. The number of nitrogens with one attached hydrogen (secondary N) is 1. The number of nitrogens with zero attached hydrogens (tertiary/aromatic N) is 3. The molecule has 3 atom stereocenters. The number of carbonyl (C=O) groups is 2. The van der Waals surface area contributed by atoms with Crippen LogP contribution in [0.15, 0.2) is 71.9 Å². The van der Waals surface area contributed by atoms with E-state index in [1.807, 2.05) is 24.3 Å². The summed E-state index contributed by atoms with van der Waals surface area (Å²) in [7, 11) is -3.33. The van der Waals surface area contributed by atoms with Gasteiger partial charge in [-0.15, -0.1) is 0 Å². The van der Waals surface area contributed by atoms with Gasteiger partial charge in [0.2, 0.25) is 10.0 Å². The Bertz CT molecular complexity index is 1370. The normalized spacial score (nSPS) is 24.3. The van der Waals surface area contributed by atoms with E-state index in [-0.39, 0.29) is 30.4 Å². The van der Waals surface area contributed by atoms with Crippen molar-refractivity contribution in [2.45, 2.75) is 37.5 Å². The molecule has 200 valence electrons. The zero-order valence-electron chi connectivity index (χ0n) is 20.9. The van der Waals surface area contributed by atoms with E-state index in [4.69, 9.17) is 16.4 Å². The summed E-state index contributed by atoms with van der Waals surface area (Å²) < 4.78 is 25.6. The molecule has 5 rings (SSSR count). The molecular weight excluding hydrogens is 528 g/mol. The van der Waals surface area contributed by atoms with E-state index < -0.39 is 22.0 Å². The van der Waals surface area contributed by atoms with Crippen molar-refractivity contribution in [1.29, 1.82) is 0 Å². The van der Waals surface area contributed by atoms with Crippen molar-refractivity contribution in [3.05, 3.63) is 88.7 Å². The van der Waals surface area contributed by atoms with Gasteiger partial charge in [-0.1, -0.05) is 48.0 Å². The lowest BCUT2D eigenvalue weighted by molar-refractivity contribution is -0.138. The number of carbonyl (C=O) groups excluding carboxylic acids is 2. The summed E-state index contributed by atoms with van der Waals surface area (Å²) in [6, 6.07) is 11.7. The molecule has 9 nitrogen and oxygen atoms in total. The number of allylic oxidation sites excluding steroid dienone is 2. The summed E-state index contributed by atoms with van der Waals surface area (Å²) in [6.07, 6.45) is 9.30. The number of hydrogen-bond acceptors (Lipinski definition) is 6. The maximum Gasteiger partial charge on any atom is 0.254 e. The van der Waals surface area contributed by atoms with Gasteiger partial charge in [-0.3, -0.25) is 19.4 Å². The Balaban J connectivity index is 1.47. The molecule has 0 saturated carbocycles. The SMILES string of the molecule is CS(=O)(=O)N1CCC(N2C(=O)c3ccccc3[C@@H](C(=O)NOCc3ccccn3)C2C2C=CC(Cl)=C2)CC1. The molecule has 11 heteroatoms. The smallest absolute Gasteiger partial charge is 0.254 e. The number of halogens is 1. The number of benzene rings is 1. The van der Waals surface area contributed by atoms with Crippen molar-refractivity contribution in [3.8, 4) is 0 Å². The molecule has 0 bridgehead atoms. The highest BCUT2D eigenvalue weighted by atomic mass is 35.5. The second-order valence-corrected chi connectivity index (χ2v) is 12.1. The molecule has 1 aliphatic carbocycles. The fourth-order valence-electron chi connectivity index (χ4n) is 5.59. The van der Waals surface area contributed by atoms with Crippen LogP contribution in [0, 0.1) is 5.92 Å². The number of sulfonamides is 1. The van der Waals surface area contributed by atoms with Crippen LogP contribution in [0.4, 0.5) is 0 Å². The van der Waals surface area contributed by atoms with Crippen LogP contribution in [-0.4, -0.2) is 65.9 Å². The maximum absolute atomic E-state index is 14.0. The molecule has 2 aromatic rings. The number of pyridine rings is 1. The van der Waals surface area contributed by atoms with Crippen LogP contribution in [0.25, 0.3) is 0 Å². The summed E-state index contributed by atoms with van der Waals surface area (Å²) in [4.78, 5) is 39.2. The van der Waals surface area contributed by atoms with Crippen LogP contribution in [0.1, 0.15) is 40.4 Å². The van der Waals surface area contributed by atoms with E-state index in [1.54, 1.807) is 47.5 Å². The number of hydrogen-bond donors (Lipinski definition) is 1. The minimum Gasteiger partial charge on any atom is -0.331 e. The van der Waals surface area contributed by atoms with E-state index in [0.29, 0.717) is 47.8 Å².